The largest absolute Gasteiger partial charge is 0.374 e. The average molecular weight is 198 g/mol. The first-order chi connectivity index (χ1) is 7.33. The number of amides is 1. The molecule has 15 heavy (non-hydrogen) atoms. The molecule has 1 amide bonds. The summed E-state index contributed by atoms with van der Waals surface area (Å²) in [6, 6.07) is 12.2. The van der Waals surface area contributed by atoms with E-state index in [1.807, 2.05) is 24.3 Å². The third-order valence-corrected chi connectivity index (χ3v) is 2.60. The molecule has 1 aliphatic rings. The quantitative estimate of drug-likeness (QED) is 0.681. The van der Waals surface area contributed by atoms with E-state index >= 15 is 0 Å². The van der Waals surface area contributed by atoms with E-state index in [4.69, 9.17) is 0 Å². The third kappa shape index (κ3) is 1.32. The van der Waals surface area contributed by atoms with Crippen LogP contribution in [0.4, 0.5) is 11.4 Å². The Morgan fingerprint density at radius 3 is 2.40 bits per heavy atom. The summed E-state index contributed by atoms with van der Waals surface area (Å²) >= 11 is 0. The Morgan fingerprint density at radius 2 is 1.67 bits per heavy atom. The fourth-order valence-electron chi connectivity index (χ4n) is 1.86. The van der Waals surface area contributed by atoms with Crippen LogP contribution in [0.3, 0.4) is 0 Å². The van der Waals surface area contributed by atoms with Crippen LogP contribution >= 0.6 is 0 Å². The van der Waals surface area contributed by atoms with Crippen LogP contribution in [0.1, 0.15) is 0 Å². The molecule has 0 fully saturated rings. The maximum atomic E-state index is 11.2. The zero-order valence-electron chi connectivity index (χ0n) is 8.08. The van der Waals surface area contributed by atoms with Crippen molar-refractivity contribution in [1.29, 1.82) is 0 Å². The number of anilines is 2. The fraction of sp³-hybridized carbons (Fsp3) is 0.0833. The van der Waals surface area contributed by atoms with Crippen molar-refractivity contribution < 1.29 is 4.79 Å². The number of carbonyl (C=O) groups is 1. The van der Waals surface area contributed by atoms with Crippen molar-refractivity contribution in [3.8, 4) is 0 Å². The molecular formula is C12H10N2O. The van der Waals surface area contributed by atoms with Crippen molar-refractivity contribution in [2.75, 3.05) is 17.2 Å². The van der Waals surface area contributed by atoms with E-state index in [9.17, 15) is 4.79 Å². The molecule has 0 unspecified atom stereocenters. The zero-order chi connectivity index (χ0) is 10.3. The summed E-state index contributed by atoms with van der Waals surface area (Å²) in [5.74, 6) is 0.0118. The van der Waals surface area contributed by atoms with Gasteiger partial charge in [0, 0.05) is 0 Å². The van der Waals surface area contributed by atoms with Crippen molar-refractivity contribution >= 4 is 28.1 Å². The van der Waals surface area contributed by atoms with Crippen LogP contribution in [0, 0.1) is 0 Å². The number of carbonyl (C=O) groups excluding carboxylic acids is 1. The molecule has 0 aromatic heterocycles. The predicted octanol–water partition coefficient (Wildman–Crippen LogP) is 2.20. The number of hydrogen-bond donors (Lipinski definition) is 2. The number of hydrogen-bond acceptors (Lipinski definition) is 2. The first-order valence-corrected chi connectivity index (χ1v) is 4.89. The standard InChI is InChI=1S/C12H10N2O/c15-12-7-13-10-5-8-3-1-2-4-9(8)6-11(10)14-12/h1-6,13H,7H2,(H,14,15). The molecule has 0 saturated heterocycles. The molecule has 2 aromatic rings. The van der Waals surface area contributed by atoms with E-state index in [0.717, 1.165) is 16.8 Å². The predicted molar refractivity (Wildman–Crippen MR) is 61.1 cm³/mol. The Labute approximate surface area is 87.1 Å². The molecular weight excluding hydrogens is 188 g/mol. The summed E-state index contributed by atoms with van der Waals surface area (Å²) in [7, 11) is 0. The van der Waals surface area contributed by atoms with Crippen molar-refractivity contribution in [3.05, 3.63) is 36.4 Å². The van der Waals surface area contributed by atoms with Crippen LogP contribution < -0.4 is 10.6 Å². The van der Waals surface area contributed by atoms with Gasteiger partial charge < -0.3 is 10.6 Å². The van der Waals surface area contributed by atoms with E-state index in [2.05, 4.69) is 22.8 Å². The lowest BCUT2D eigenvalue weighted by Crippen LogP contribution is -2.27. The van der Waals surface area contributed by atoms with Gasteiger partial charge in [0.1, 0.15) is 0 Å². The highest BCUT2D eigenvalue weighted by Gasteiger charge is 2.13. The Balaban J connectivity index is 2.24. The molecule has 0 saturated carbocycles. The summed E-state index contributed by atoms with van der Waals surface area (Å²) in [6.07, 6.45) is 0. The molecule has 2 aromatic carbocycles. The molecule has 0 spiro atoms. The summed E-state index contributed by atoms with van der Waals surface area (Å²) in [4.78, 5) is 11.2. The lowest BCUT2D eigenvalue weighted by atomic mass is 10.1. The Kier molecular flexibility index (Phi) is 1.65. The van der Waals surface area contributed by atoms with E-state index in [1.165, 1.54) is 5.39 Å². The van der Waals surface area contributed by atoms with E-state index < -0.39 is 0 Å². The van der Waals surface area contributed by atoms with Gasteiger partial charge in [-0.05, 0) is 22.9 Å². The maximum absolute atomic E-state index is 11.2. The number of rotatable bonds is 0. The topological polar surface area (TPSA) is 41.1 Å². The molecule has 1 aliphatic heterocycles. The zero-order valence-corrected chi connectivity index (χ0v) is 8.08. The summed E-state index contributed by atoms with van der Waals surface area (Å²) in [5, 5.41) is 8.26. The number of benzene rings is 2. The Morgan fingerprint density at radius 1 is 1.00 bits per heavy atom. The summed E-state index contributed by atoms with van der Waals surface area (Å²) in [6.45, 7) is 0.353. The highest BCUT2D eigenvalue weighted by molar-refractivity contribution is 6.04. The van der Waals surface area contributed by atoms with Gasteiger partial charge in [0.25, 0.3) is 0 Å². The highest BCUT2D eigenvalue weighted by atomic mass is 16.2. The van der Waals surface area contributed by atoms with Gasteiger partial charge in [-0.15, -0.1) is 0 Å². The van der Waals surface area contributed by atoms with Gasteiger partial charge in [0.2, 0.25) is 5.91 Å². The normalized spacial score (nSPS) is 14.3. The molecule has 0 atom stereocenters. The smallest absolute Gasteiger partial charge is 0.243 e. The molecule has 3 nitrogen and oxygen atoms in total. The van der Waals surface area contributed by atoms with Crippen LogP contribution in [-0.4, -0.2) is 12.5 Å². The molecule has 0 aliphatic carbocycles. The first kappa shape index (κ1) is 8.29. The van der Waals surface area contributed by atoms with Gasteiger partial charge in [0.15, 0.2) is 0 Å². The SMILES string of the molecule is O=C1CNc2cc3ccccc3cc2N1. The molecule has 0 bridgehead atoms. The van der Waals surface area contributed by atoms with Crippen LogP contribution in [0.5, 0.6) is 0 Å². The van der Waals surface area contributed by atoms with Gasteiger partial charge >= 0.3 is 0 Å². The maximum Gasteiger partial charge on any atom is 0.243 e. The molecule has 2 N–H and O–H groups in total. The number of nitrogens with one attached hydrogen (secondary N) is 2. The van der Waals surface area contributed by atoms with Crippen molar-refractivity contribution in [1.82, 2.24) is 0 Å². The first-order valence-electron chi connectivity index (χ1n) is 4.89. The van der Waals surface area contributed by atoms with Crippen LogP contribution in [-0.2, 0) is 4.79 Å². The minimum atomic E-state index is 0.0118. The van der Waals surface area contributed by atoms with Gasteiger partial charge in [0.05, 0.1) is 17.9 Å². The third-order valence-electron chi connectivity index (χ3n) is 2.60. The second kappa shape index (κ2) is 2.98. The average Bonchev–Trinajstić information content (AvgIpc) is 2.26. The molecule has 3 rings (SSSR count). The van der Waals surface area contributed by atoms with Gasteiger partial charge in [-0.25, -0.2) is 0 Å². The second-order valence-corrected chi connectivity index (χ2v) is 3.65. The Hall–Kier alpha value is -2.03. The molecule has 74 valence electrons. The minimum Gasteiger partial charge on any atom is -0.374 e. The fourth-order valence-corrected chi connectivity index (χ4v) is 1.86. The lowest BCUT2D eigenvalue weighted by molar-refractivity contribution is -0.114. The lowest BCUT2D eigenvalue weighted by Gasteiger charge is -2.19. The van der Waals surface area contributed by atoms with E-state index in [1.54, 1.807) is 0 Å². The molecule has 1 heterocycles. The summed E-state index contributed by atoms with van der Waals surface area (Å²) < 4.78 is 0. The van der Waals surface area contributed by atoms with E-state index in [0.29, 0.717) is 6.54 Å². The van der Waals surface area contributed by atoms with Crippen molar-refractivity contribution in [2.45, 2.75) is 0 Å². The summed E-state index contributed by atoms with van der Waals surface area (Å²) in [5.41, 5.74) is 1.86. The van der Waals surface area contributed by atoms with Crippen LogP contribution in [0.2, 0.25) is 0 Å². The van der Waals surface area contributed by atoms with E-state index in [-0.39, 0.29) is 5.91 Å². The molecule has 3 heteroatoms. The molecule has 0 radical (unpaired) electrons. The van der Waals surface area contributed by atoms with Gasteiger partial charge in [-0.2, -0.15) is 0 Å². The van der Waals surface area contributed by atoms with Crippen LogP contribution in [0.15, 0.2) is 36.4 Å². The van der Waals surface area contributed by atoms with Gasteiger partial charge in [-0.1, -0.05) is 24.3 Å². The number of fused-ring (bicyclic) bond motifs is 2. The van der Waals surface area contributed by atoms with Gasteiger partial charge in [-0.3, -0.25) is 4.79 Å². The second-order valence-electron chi connectivity index (χ2n) is 3.65. The van der Waals surface area contributed by atoms with Crippen molar-refractivity contribution in [2.24, 2.45) is 0 Å². The van der Waals surface area contributed by atoms with Crippen molar-refractivity contribution in [3.63, 3.8) is 0 Å². The Bertz CT molecular complexity index is 548. The monoisotopic (exact) mass is 198 g/mol. The minimum absolute atomic E-state index is 0.0118. The highest BCUT2D eigenvalue weighted by Crippen LogP contribution is 2.29. The van der Waals surface area contributed by atoms with Crippen LogP contribution in [0.25, 0.3) is 10.8 Å².